The van der Waals surface area contributed by atoms with Gasteiger partial charge in [-0.3, -0.25) is 4.90 Å². The van der Waals surface area contributed by atoms with Crippen molar-refractivity contribution < 1.29 is 0 Å². The molecule has 21 heavy (non-hydrogen) atoms. The third-order valence-electron chi connectivity index (χ3n) is 4.93. The SMILES string of the molecule is CN1CCC(CN(C)C(CNC2CC2)c2ccccc2)C1. The van der Waals surface area contributed by atoms with E-state index in [-0.39, 0.29) is 0 Å². The van der Waals surface area contributed by atoms with E-state index < -0.39 is 0 Å². The van der Waals surface area contributed by atoms with Crippen LogP contribution < -0.4 is 5.32 Å². The summed E-state index contributed by atoms with van der Waals surface area (Å²) in [5.74, 6) is 0.826. The highest BCUT2D eigenvalue weighted by Crippen LogP contribution is 2.25. The zero-order valence-corrected chi connectivity index (χ0v) is 13.5. The topological polar surface area (TPSA) is 18.5 Å². The number of nitrogens with one attached hydrogen (secondary N) is 1. The second-order valence-electron chi connectivity index (χ2n) is 6.97. The van der Waals surface area contributed by atoms with Crippen molar-refractivity contribution in [2.75, 3.05) is 40.3 Å². The summed E-state index contributed by atoms with van der Waals surface area (Å²) in [5.41, 5.74) is 1.44. The Morgan fingerprint density at radius 3 is 2.62 bits per heavy atom. The largest absolute Gasteiger partial charge is 0.312 e. The zero-order valence-electron chi connectivity index (χ0n) is 13.5. The van der Waals surface area contributed by atoms with E-state index in [2.05, 4.69) is 59.5 Å². The van der Waals surface area contributed by atoms with Crippen LogP contribution in [0, 0.1) is 5.92 Å². The van der Waals surface area contributed by atoms with Crippen LogP contribution in [0.3, 0.4) is 0 Å². The van der Waals surface area contributed by atoms with Crippen molar-refractivity contribution in [2.24, 2.45) is 5.92 Å². The quantitative estimate of drug-likeness (QED) is 0.830. The monoisotopic (exact) mass is 287 g/mol. The van der Waals surface area contributed by atoms with Gasteiger partial charge in [-0.05, 0) is 51.4 Å². The number of rotatable bonds is 7. The second kappa shape index (κ2) is 6.91. The first kappa shape index (κ1) is 15.0. The average molecular weight is 287 g/mol. The Bertz CT molecular complexity index is 429. The number of nitrogens with zero attached hydrogens (tertiary/aromatic N) is 2. The van der Waals surface area contributed by atoms with Crippen LogP contribution in [-0.2, 0) is 0 Å². The smallest absolute Gasteiger partial charge is 0.0469 e. The van der Waals surface area contributed by atoms with Crippen molar-refractivity contribution in [2.45, 2.75) is 31.3 Å². The molecule has 0 radical (unpaired) electrons. The number of likely N-dealkylation sites (tertiary alicyclic amines) is 1. The molecule has 1 N–H and O–H groups in total. The molecular weight excluding hydrogens is 258 g/mol. The van der Waals surface area contributed by atoms with E-state index >= 15 is 0 Å². The van der Waals surface area contributed by atoms with Crippen molar-refractivity contribution in [1.82, 2.24) is 15.1 Å². The summed E-state index contributed by atoms with van der Waals surface area (Å²) < 4.78 is 0. The first-order valence-corrected chi connectivity index (χ1v) is 8.39. The molecule has 1 aliphatic heterocycles. The van der Waals surface area contributed by atoms with E-state index in [1.165, 1.54) is 44.5 Å². The molecule has 0 amide bonds. The lowest BCUT2D eigenvalue weighted by Crippen LogP contribution is -2.37. The van der Waals surface area contributed by atoms with Crippen molar-refractivity contribution >= 4 is 0 Å². The van der Waals surface area contributed by atoms with Gasteiger partial charge in [0.15, 0.2) is 0 Å². The third-order valence-corrected chi connectivity index (χ3v) is 4.93. The van der Waals surface area contributed by atoms with E-state index in [9.17, 15) is 0 Å². The van der Waals surface area contributed by atoms with Crippen molar-refractivity contribution in [1.29, 1.82) is 0 Å². The molecule has 3 heteroatoms. The van der Waals surface area contributed by atoms with Crippen LogP contribution in [0.1, 0.15) is 30.9 Å². The fraction of sp³-hybridized carbons (Fsp3) is 0.667. The van der Waals surface area contributed by atoms with Gasteiger partial charge in [-0.2, -0.15) is 0 Å². The minimum Gasteiger partial charge on any atom is -0.312 e. The molecule has 1 aromatic carbocycles. The molecule has 2 atom stereocenters. The van der Waals surface area contributed by atoms with Gasteiger partial charge in [0.05, 0.1) is 0 Å². The number of likely N-dealkylation sites (N-methyl/N-ethyl adjacent to an activating group) is 1. The Balaban J connectivity index is 1.62. The fourth-order valence-corrected chi connectivity index (χ4v) is 3.48. The summed E-state index contributed by atoms with van der Waals surface area (Å²) in [7, 11) is 4.54. The molecule has 2 aliphatic rings. The second-order valence-corrected chi connectivity index (χ2v) is 6.97. The Hall–Kier alpha value is -0.900. The van der Waals surface area contributed by atoms with Gasteiger partial charge in [0.1, 0.15) is 0 Å². The Morgan fingerprint density at radius 1 is 1.24 bits per heavy atom. The highest BCUT2D eigenvalue weighted by atomic mass is 15.2. The summed E-state index contributed by atoms with van der Waals surface area (Å²) in [5, 5.41) is 3.72. The van der Waals surface area contributed by atoms with Gasteiger partial charge < -0.3 is 10.2 Å². The van der Waals surface area contributed by atoms with Gasteiger partial charge in [0, 0.05) is 31.7 Å². The molecule has 0 bridgehead atoms. The maximum atomic E-state index is 3.72. The minimum atomic E-state index is 0.498. The summed E-state index contributed by atoms with van der Waals surface area (Å²) >= 11 is 0. The Morgan fingerprint density at radius 2 is 2.00 bits per heavy atom. The predicted octanol–water partition coefficient (Wildman–Crippen LogP) is 2.36. The highest BCUT2D eigenvalue weighted by Gasteiger charge is 2.27. The van der Waals surface area contributed by atoms with Crippen LogP contribution in [-0.4, -0.2) is 56.1 Å². The van der Waals surface area contributed by atoms with Crippen LogP contribution >= 0.6 is 0 Å². The lowest BCUT2D eigenvalue weighted by atomic mass is 10.0. The van der Waals surface area contributed by atoms with Crippen LogP contribution in [0.25, 0.3) is 0 Å². The van der Waals surface area contributed by atoms with E-state index in [1.54, 1.807) is 0 Å². The molecule has 2 unspecified atom stereocenters. The van der Waals surface area contributed by atoms with Gasteiger partial charge >= 0.3 is 0 Å². The standard InChI is InChI=1S/C18H29N3/c1-20-11-10-15(13-20)14-21(2)18(12-19-17-8-9-17)16-6-4-3-5-7-16/h3-7,15,17-19H,8-14H2,1-2H3. The van der Waals surface area contributed by atoms with Crippen molar-refractivity contribution in [3.8, 4) is 0 Å². The van der Waals surface area contributed by atoms with Crippen molar-refractivity contribution in [3.63, 3.8) is 0 Å². The molecule has 1 saturated carbocycles. The van der Waals surface area contributed by atoms with Gasteiger partial charge in [-0.15, -0.1) is 0 Å². The molecule has 1 aromatic rings. The molecular formula is C18H29N3. The first-order valence-electron chi connectivity index (χ1n) is 8.39. The summed E-state index contributed by atoms with van der Waals surface area (Å²) in [4.78, 5) is 5.02. The third kappa shape index (κ3) is 4.29. The first-order chi connectivity index (χ1) is 10.2. The fourth-order valence-electron chi connectivity index (χ4n) is 3.48. The van der Waals surface area contributed by atoms with Crippen LogP contribution in [0.2, 0.25) is 0 Å². The maximum Gasteiger partial charge on any atom is 0.0469 e. The molecule has 3 nitrogen and oxygen atoms in total. The lowest BCUT2D eigenvalue weighted by Gasteiger charge is -2.31. The molecule has 0 spiro atoms. The highest BCUT2D eigenvalue weighted by molar-refractivity contribution is 5.19. The van der Waals surface area contributed by atoms with Gasteiger partial charge in [-0.25, -0.2) is 0 Å². The Labute approximate surface area is 129 Å². The molecule has 3 rings (SSSR count). The summed E-state index contributed by atoms with van der Waals surface area (Å²) in [6.45, 7) is 4.79. The summed E-state index contributed by atoms with van der Waals surface area (Å²) in [6, 6.07) is 12.3. The van der Waals surface area contributed by atoms with Crippen LogP contribution in [0.5, 0.6) is 0 Å². The number of hydrogen-bond donors (Lipinski definition) is 1. The molecule has 1 aliphatic carbocycles. The van der Waals surface area contributed by atoms with Gasteiger partial charge in [0.2, 0.25) is 0 Å². The summed E-state index contributed by atoms with van der Waals surface area (Å²) in [6.07, 6.45) is 4.07. The van der Waals surface area contributed by atoms with Crippen LogP contribution in [0.15, 0.2) is 30.3 Å². The number of benzene rings is 1. The van der Waals surface area contributed by atoms with Gasteiger partial charge in [-0.1, -0.05) is 30.3 Å². The van der Waals surface area contributed by atoms with E-state index in [0.29, 0.717) is 6.04 Å². The molecule has 116 valence electrons. The lowest BCUT2D eigenvalue weighted by molar-refractivity contribution is 0.202. The number of hydrogen-bond acceptors (Lipinski definition) is 3. The van der Waals surface area contributed by atoms with Crippen molar-refractivity contribution in [3.05, 3.63) is 35.9 Å². The van der Waals surface area contributed by atoms with E-state index in [4.69, 9.17) is 0 Å². The minimum absolute atomic E-state index is 0.498. The predicted molar refractivity (Wildman–Crippen MR) is 88.4 cm³/mol. The zero-order chi connectivity index (χ0) is 14.7. The van der Waals surface area contributed by atoms with Crippen LogP contribution in [0.4, 0.5) is 0 Å². The molecule has 1 heterocycles. The van der Waals surface area contributed by atoms with Gasteiger partial charge in [0.25, 0.3) is 0 Å². The van der Waals surface area contributed by atoms with E-state index in [0.717, 1.165) is 18.5 Å². The molecule has 2 fully saturated rings. The average Bonchev–Trinajstić information content (AvgIpc) is 3.22. The maximum absolute atomic E-state index is 3.72. The molecule has 1 saturated heterocycles. The normalized spacial score (nSPS) is 24.6. The van der Waals surface area contributed by atoms with E-state index in [1.807, 2.05) is 0 Å². The Kier molecular flexibility index (Phi) is 4.94. The molecule has 0 aromatic heterocycles.